The maximum Gasteiger partial charge on any atom is 0.435 e. The molecule has 0 aliphatic rings. The Balaban J connectivity index is 2.10. The molecule has 1 heterocycles. The highest BCUT2D eigenvalue weighted by Gasteiger charge is 2.34. The van der Waals surface area contributed by atoms with Crippen LogP contribution in [0.2, 0.25) is 0 Å². The third-order valence-electron chi connectivity index (χ3n) is 2.80. The van der Waals surface area contributed by atoms with Crippen molar-refractivity contribution in [2.75, 3.05) is 0 Å². The zero-order valence-electron chi connectivity index (χ0n) is 9.83. The number of nitrogens with zero attached hydrogens (tertiary/aromatic N) is 1. The molecule has 2 nitrogen and oxygen atoms in total. The van der Waals surface area contributed by atoms with Crippen molar-refractivity contribution in [3.63, 3.8) is 0 Å². The number of nitrogens with one attached hydrogen (secondary N) is 1. The first-order valence-corrected chi connectivity index (χ1v) is 5.63. The number of halogens is 3. The van der Waals surface area contributed by atoms with E-state index in [4.69, 9.17) is 0 Å². The van der Waals surface area contributed by atoms with Crippen molar-refractivity contribution in [3.05, 3.63) is 53.3 Å². The van der Waals surface area contributed by atoms with E-state index in [-0.39, 0.29) is 5.92 Å². The second-order valence-corrected chi connectivity index (χ2v) is 4.30. The summed E-state index contributed by atoms with van der Waals surface area (Å²) in [5, 5.41) is 5.76. The Morgan fingerprint density at radius 2 is 1.89 bits per heavy atom. The number of H-pyrrole nitrogens is 1. The van der Waals surface area contributed by atoms with Gasteiger partial charge in [-0.05, 0) is 18.1 Å². The highest BCUT2D eigenvalue weighted by Crippen LogP contribution is 2.29. The fourth-order valence-corrected chi connectivity index (χ4v) is 1.81. The predicted molar refractivity (Wildman–Crippen MR) is 62.2 cm³/mol. The molecule has 0 radical (unpaired) electrons. The lowest BCUT2D eigenvalue weighted by molar-refractivity contribution is -0.141. The van der Waals surface area contributed by atoms with Crippen molar-refractivity contribution in [1.82, 2.24) is 10.2 Å². The van der Waals surface area contributed by atoms with E-state index in [1.54, 1.807) is 0 Å². The van der Waals surface area contributed by atoms with Crippen LogP contribution >= 0.6 is 0 Å². The molecule has 2 aromatic rings. The van der Waals surface area contributed by atoms with E-state index in [9.17, 15) is 13.2 Å². The number of benzene rings is 1. The highest BCUT2D eigenvalue weighted by molar-refractivity contribution is 5.21. The minimum absolute atomic E-state index is 0.0315. The van der Waals surface area contributed by atoms with Crippen molar-refractivity contribution in [1.29, 1.82) is 0 Å². The van der Waals surface area contributed by atoms with Gasteiger partial charge >= 0.3 is 6.18 Å². The SMILES string of the molecule is CC(Cc1ccccc1)c1cc(C(F)(F)F)n[nH]1. The van der Waals surface area contributed by atoms with E-state index in [1.165, 1.54) is 0 Å². The van der Waals surface area contributed by atoms with Crippen LogP contribution in [0.1, 0.15) is 29.8 Å². The summed E-state index contributed by atoms with van der Waals surface area (Å²) in [6, 6.07) is 10.7. The van der Waals surface area contributed by atoms with Gasteiger partial charge in [0.25, 0.3) is 0 Å². The fourth-order valence-electron chi connectivity index (χ4n) is 1.81. The topological polar surface area (TPSA) is 28.7 Å². The minimum atomic E-state index is -4.39. The Morgan fingerprint density at radius 3 is 2.44 bits per heavy atom. The lowest BCUT2D eigenvalue weighted by atomic mass is 9.98. The van der Waals surface area contributed by atoms with Gasteiger partial charge in [-0.15, -0.1) is 0 Å². The van der Waals surface area contributed by atoms with Crippen LogP contribution in [0.4, 0.5) is 13.2 Å². The normalized spacial score (nSPS) is 13.6. The summed E-state index contributed by atoms with van der Waals surface area (Å²) >= 11 is 0. The molecule has 1 unspecified atom stereocenters. The van der Waals surface area contributed by atoms with E-state index in [2.05, 4.69) is 10.2 Å². The lowest BCUT2D eigenvalue weighted by Gasteiger charge is -2.08. The van der Waals surface area contributed by atoms with Crippen molar-refractivity contribution in [3.8, 4) is 0 Å². The molecule has 1 aromatic carbocycles. The van der Waals surface area contributed by atoms with Crippen molar-refractivity contribution in [2.45, 2.75) is 25.4 Å². The van der Waals surface area contributed by atoms with Gasteiger partial charge in [-0.3, -0.25) is 5.10 Å². The molecule has 18 heavy (non-hydrogen) atoms. The van der Waals surface area contributed by atoms with Gasteiger partial charge in [-0.1, -0.05) is 37.3 Å². The molecule has 1 N–H and O–H groups in total. The van der Waals surface area contributed by atoms with Gasteiger partial charge in [0.1, 0.15) is 0 Å². The number of aromatic nitrogens is 2. The Bertz CT molecular complexity index is 502. The van der Waals surface area contributed by atoms with Gasteiger partial charge in [0.05, 0.1) is 0 Å². The first-order chi connectivity index (χ1) is 8.47. The van der Waals surface area contributed by atoms with Crippen LogP contribution in [-0.4, -0.2) is 10.2 Å². The van der Waals surface area contributed by atoms with Crippen LogP contribution in [0.15, 0.2) is 36.4 Å². The van der Waals surface area contributed by atoms with Crippen molar-refractivity contribution in [2.24, 2.45) is 0 Å². The van der Waals surface area contributed by atoms with Gasteiger partial charge < -0.3 is 0 Å². The number of rotatable bonds is 3. The van der Waals surface area contributed by atoms with E-state index in [0.29, 0.717) is 12.1 Å². The van der Waals surface area contributed by atoms with Crippen LogP contribution in [0.5, 0.6) is 0 Å². The number of hydrogen-bond acceptors (Lipinski definition) is 1. The summed E-state index contributed by atoms with van der Waals surface area (Å²) in [7, 11) is 0. The van der Waals surface area contributed by atoms with E-state index >= 15 is 0 Å². The monoisotopic (exact) mass is 254 g/mol. The fraction of sp³-hybridized carbons (Fsp3) is 0.308. The van der Waals surface area contributed by atoms with Crippen LogP contribution in [0.3, 0.4) is 0 Å². The molecule has 96 valence electrons. The first-order valence-electron chi connectivity index (χ1n) is 5.63. The summed E-state index contributed by atoms with van der Waals surface area (Å²) in [4.78, 5) is 0. The van der Waals surface area contributed by atoms with Gasteiger partial charge in [-0.2, -0.15) is 18.3 Å². The van der Waals surface area contributed by atoms with E-state index < -0.39 is 11.9 Å². The zero-order valence-corrected chi connectivity index (χ0v) is 9.83. The Kier molecular flexibility index (Phi) is 3.41. The zero-order chi connectivity index (χ0) is 13.2. The average Bonchev–Trinajstić information content (AvgIpc) is 2.79. The van der Waals surface area contributed by atoms with Gasteiger partial charge in [-0.25, -0.2) is 0 Å². The molecule has 5 heteroatoms. The van der Waals surface area contributed by atoms with E-state index in [0.717, 1.165) is 11.6 Å². The quantitative estimate of drug-likeness (QED) is 0.887. The minimum Gasteiger partial charge on any atom is -0.282 e. The van der Waals surface area contributed by atoms with Gasteiger partial charge in [0.15, 0.2) is 5.69 Å². The van der Waals surface area contributed by atoms with Crippen LogP contribution in [-0.2, 0) is 12.6 Å². The predicted octanol–water partition coefficient (Wildman–Crippen LogP) is 3.77. The molecule has 0 spiro atoms. The highest BCUT2D eigenvalue weighted by atomic mass is 19.4. The summed E-state index contributed by atoms with van der Waals surface area (Å²) in [5.74, 6) is -0.0315. The van der Waals surface area contributed by atoms with Crippen molar-refractivity contribution < 1.29 is 13.2 Å². The molecule has 0 aliphatic carbocycles. The largest absolute Gasteiger partial charge is 0.435 e. The molecule has 0 amide bonds. The molecular weight excluding hydrogens is 241 g/mol. The second-order valence-electron chi connectivity index (χ2n) is 4.30. The first kappa shape index (κ1) is 12.7. The molecule has 0 bridgehead atoms. The number of alkyl halides is 3. The summed E-state index contributed by atoms with van der Waals surface area (Å²) in [5.41, 5.74) is 0.733. The molecule has 0 saturated carbocycles. The molecular formula is C13H13F3N2. The number of hydrogen-bond donors (Lipinski definition) is 1. The maximum absolute atomic E-state index is 12.4. The summed E-state index contributed by atoms with van der Waals surface area (Å²) in [6.07, 6.45) is -3.71. The smallest absolute Gasteiger partial charge is 0.282 e. The van der Waals surface area contributed by atoms with Crippen LogP contribution in [0, 0.1) is 0 Å². The molecule has 0 fully saturated rings. The van der Waals surface area contributed by atoms with E-state index in [1.807, 2.05) is 37.3 Å². The summed E-state index contributed by atoms with van der Waals surface area (Å²) in [6.45, 7) is 1.88. The molecule has 1 atom stereocenters. The molecule has 1 aromatic heterocycles. The molecule has 2 rings (SSSR count). The van der Waals surface area contributed by atoms with Gasteiger partial charge in [0.2, 0.25) is 0 Å². The molecule has 0 saturated heterocycles. The number of aromatic amines is 1. The Hall–Kier alpha value is -1.78. The third-order valence-corrected chi connectivity index (χ3v) is 2.80. The van der Waals surface area contributed by atoms with Crippen LogP contribution < -0.4 is 0 Å². The van der Waals surface area contributed by atoms with Crippen LogP contribution in [0.25, 0.3) is 0 Å². The van der Waals surface area contributed by atoms with Gasteiger partial charge in [0, 0.05) is 11.6 Å². The Labute approximate surface area is 103 Å². The third kappa shape index (κ3) is 2.91. The second kappa shape index (κ2) is 4.84. The standard InChI is InChI=1S/C13H13F3N2/c1-9(7-10-5-3-2-4-6-10)11-8-12(18-17-11)13(14,15)16/h2-6,8-9H,7H2,1H3,(H,17,18). The maximum atomic E-state index is 12.4. The Morgan fingerprint density at radius 1 is 1.22 bits per heavy atom. The summed E-state index contributed by atoms with van der Waals surface area (Å²) < 4.78 is 37.2. The lowest BCUT2D eigenvalue weighted by Crippen LogP contribution is -2.04. The molecule has 0 aliphatic heterocycles. The van der Waals surface area contributed by atoms with Crippen molar-refractivity contribution >= 4 is 0 Å². The average molecular weight is 254 g/mol.